The Morgan fingerprint density at radius 3 is 2.67 bits per heavy atom. The number of hydrogen-bond donors (Lipinski definition) is 1. The number of likely N-dealkylation sites (tertiary alicyclic amines) is 1. The van der Waals surface area contributed by atoms with E-state index in [-0.39, 0.29) is 6.10 Å². The molecule has 1 saturated heterocycles. The topological polar surface area (TPSA) is 23.5 Å². The van der Waals surface area contributed by atoms with Gasteiger partial charge in [0.05, 0.1) is 6.10 Å². The van der Waals surface area contributed by atoms with Crippen LogP contribution in [0.4, 0.5) is 0 Å². The number of β-amino-alcohol motifs (C(OH)–C–C–N with tert-alkyl or cyclic N) is 1. The summed E-state index contributed by atoms with van der Waals surface area (Å²) in [5.41, 5.74) is 0. The Hall–Kier alpha value is 0.210. The van der Waals surface area contributed by atoms with Crippen LogP contribution in [-0.2, 0) is 0 Å². The minimum absolute atomic E-state index is 0.345. The minimum atomic E-state index is -0.362. The Kier molecular flexibility index (Phi) is 3.81. The van der Waals surface area contributed by atoms with Gasteiger partial charge in [0.15, 0.2) is 0 Å². The summed E-state index contributed by atoms with van der Waals surface area (Å²) in [6, 6.07) is 0.609. The van der Waals surface area contributed by atoms with Crippen LogP contribution < -0.4 is 0 Å². The van der Waals surface area contributed by atoms with E-state index in [0.29, 0.717) is 11.9 Å². The summed E-state index contributed by atoms with van der Waals surface area (Å²) in [6.45, 7) is 6.30. The van der Waals surface area contributed by atoms with Crippen molar-refractivity contribution in [2.75, 3.05) is 19.0 Å². The first kappa shape index (κ1) is 10.3. The summed E-state index contributed by atoms with van der Waals surface area (Å²) in [5.74, 6) is 1.11. The normalized spacial score (nSPS) is 34.0. The van der Waals surface area contributed by atoms with Crippen LogP contribution in [0.25, 0.3) is 0 Å². The maximum atomic E-state index is 9.35. The molecule has 1 heterocycles. The summed E-state index contributed by atoms with van der Waals surface area (Å²) in [6.07, 6.45) is 0.883. The molecule has 0 aromatic heterocycles. The van der Waals surface area contributed by atoms with Crippen LogP contribution in [0.1, 0.15) is 20.3 Å². The highest BCUT2D eigenvalue weighted by Gasteiger charge is 2.26. The van der Waals surface area contributed by atoms with Gasteiger partial charge in [0.1, 0.15) is 0 Å². The quantitative estimate of drug-likeness (QED) is 0.681. The molecule has 72 valence electrons. The molecule has 0 bridgehead atoms. The molecule has 1 N–H and O–H groups in total. The predicted octanol–water partition coefficient (Wildman–Crippen LogP) is 1.32. The van der Waals surface area contributed by atoms with Gasteiger partial charge in [-0.2, -0.15) is 0 Å². The van der Waals surface area contributed by atoms with Gasteiger partial charge in [-0.3, -0.25) is 4.90 Å². The lowest BCUT2D eigenvalue weighted by molar-refractivity contribution is 0.124. The van der Waals surface area contributed by atoms with E-state index in [2.05, 4.69) is 18.7 Å². The summed E-state index contributed by atoms with van der Waals surface area (Å²) in [4.78, 5) is 2.32. The van der Waals surface area contributed by atoms with E-state index in [1.54, 1.807) is 0 Å². The highest BCUT2D eigenvalue weighted by molar-refractivity contribution is 6.18. The fourth-order valence-electron chi connectivity index (χ4n) is 1.96. The van der Waals surface area contributed by atoms with Crippen LogP contribution in [0.15, 0.2) is 0 Å². The van der Waals surface area contributed by atoms with Crippen molar-refractivity contribution in [1.29, 1.82) is 0 Å². The van der Waals surface area contributed by atoms with E-state index in [0.717, 1.165) is 19.0 Å². The highest BCUT2D eigenvalue weighted by atomic mass is 35.5. The molecule has 0 radical (unpaired) electrons. The number of halogens is 1. The Balaban J connectivity index is 2.32. The Morgan fingerprint density at radius 2 is 2.25 bits per heavy atom. The van der Waals surface area contributed by atoms with Gasteiger partial charge in [0.2, 0.25) is 0 Å². The summed E-state index contributed by atoms with van der Waals surface area (Å²) < 4.78 is 0. The van der Waals surface area contributed by atoms with Crippen LogP contribution in [0, 0.1) is 5.92 Å². The predicted molar refractivity (Wildman–Crippen MR) is 51.5 cm³/mol. The second-order valence-electron chi connectivity index (χ2n) is 3.95. The number of rotatable bonds is 3. The van der Waals surface area contributed by atoms with E-state index in [4.69, 9.17) is 11.6 Å². The van der Waals surface area contributed by atoms with Crippen LogP contribution >= 0.6 is 11.6 Å². The maximum Gasteiger partial charge on any atom is 0.0802 e. The van der Waals surface area contributed by atoms with Crippen LogP contribution in [0.5, 0.6) is 0 Å². The third kappa shape index (κ3) is 2.61. The fourth-order valence-corrected chi connectivity index (χ4v) is 2.06. The van der Waals surface area contributed by atoms with Crippen molar-refractivity contribution in [3.63, 3.8) is 0 Å². The van der Waals surface area contributed by atoms with Crippen molar-refractivity contribution in [3.05, 3.63) is 0 Å². The van der Waals surface area contributed by atoms with Crippen molar-refractivity contribution in [2.45, 2.75) is 32.4 Å². The van der Waals surface area contributed by atoms with Crippen molar-refractivity contribution in [2.24, 2.45) is 5.92 Å². The average Bonchev–Trinajstić information content (AvgIpc) is 2.30. The van der Waals surface area contributed by atoms with E-state index in [1.165, 1.54) is 6.42 Å². The lowest BCUT2D eigenvalue weighted by Gasteiger charge is -2.22. The molecule has 0 saturated carbocycles. The van der Waals surface area contributed by atoms with Crippen LogP contribution in [-0.4, -0.2) is 41.1 Å². The minimum Gasteiger partial charge on any atom is -0.391 e. The molecule has 1 rings (SSSR count). The van der Waals surface area contributed by atoms with Gasteiger partial charge in [0.25, 0.3) is 0 Å². The number of hydrogen-bond acceptors (Lipinski definition) is 2. The molecule has 1 aliphatic rings. The molecule has 3 unspecified atom stereocenters. The molecule has 0 aromatic carbocycles. The van der Waals surface area contributed by atoms with E-state index in [1.807, 2.05) is 0 Å². The van der Waals surface area contributed by atoms with Gasteiger partial charge in [0, 0.05) is 25.0 Å². The molecule has 3 atom stereocenters. The molecular weight excluding hydrogens is 174 g/mol. The van der Waals surface area contributed by atoms with Gasteiger partial charge >= 0.3 is 0 Å². The first-order valence-electron chi connectivity index (χ1n) is 4.61. The number of nitrogens with zero attached hydrogens (tertiary/aromatic N) is 1. The standard InChI is InChI=1S/C9H18ClNO/c1-7-3-8(2)11(5-7)6-9(12)4-10/h7-9,12H,3-6H2,1-2H3. The number of aliphatic hydroxyl groups is 1. The summed E-state index contributed by atoms with van der Waals surface area (Å²) in [7, 11) is 0. The molecule has 3 heteroatoms. The van der Waals surface area contributed by atoms with Gasteiger partial charge in [-0.05, 0) is 19.3 Å². The average molecular weight is 192 g/mol. The van der Waals surface area contributed by atoms with Gasteiger partial charge < -0.3 is 5.11 Å². The molecular formula is C9H18ClNO. The zero-order valence-corrected chi connectivity index (χ0v) is 8.59. The zero-order valence-electron chi connectivity index (χ0n) is 7.83. The smallest absolute Gasteiger partial charge is 0.0802 e. The summed E-state index contributed by atoms with van der Waals surface area (Å²) >= 11 is 5.54. The second kappa shape index (κ2) is 4.45. The molecule has 0 aromatic rings. The maximum absolute atomic E-state index is 9.35. The lowest BCUT2D eigenvalue weighted by atomic mass is 10.1. The van der Waals surface area contributed by atoms with Crippen molar-refractivity contribution in [3.8, 4) is 0 Å². The molecule has 1 fully saturated rings. The SMILES string of the molecule is CC1CC(C)N(CC(O)CCl)C1. The van der Waals surface area contributed by atoms with Crippen molar-refractivity contribution < 1.29 is 5.11 Å². The molecule has 0 amide bonds. The van der Waals surface area contributed by atoms with E-state index >= 15 is 0 Å². The van der Waals surface area contributed by atoms with Crippen LogP contribution in [0.3, 0.4) is 0 Å². The molecule has 0 spiro atoms. The Bertz CT molecular complexity index is 142. The molecule has 1 aliphatic heterocycles. The first-order chi connectivity index (χ1) is 5.63. The van der Waals surface area contributed by atoms with Crippen molar-refractivity contribution >= 4 is 11.6 Å². The Morgan fingerprint density at radius 1 is 1.58 bits per heavy atom. The van der Waals surface area contributed by atoms with E-state index in [9.17, 15) is 5.11 Å². The molecule has 2 nitrogen and oxygen atoms in total. The van der Waals surface area contributed by atoms with Gasteiger partial charge in [-0.15, -0.1) is 11.6 Å². The van der Waals surface area contributed by atoms with Crippen LogP contribution in [0.2, 0.25) is 0 Å². The summed E-state index contributed by atoms with van der Waals surface area (Å²) in [5, 5.41) is 9.35. The second-order valence-corrected chi connectivity index (χ2v) is 4.26. The monoisotopic (exact) mass is 191 g/mol. The lowest BCUT2D eigenvalue weighted by Crippen LogP contribution is -2.35. The number of aliphatic hydroxyl groups excluding tert-OH is 1. The fraction of sp³-hybridized carbons (Fsp3) is 1.00. The number of alkyl halides is 1. The van der Waals surface area contributed by atoms with Gasteiger partial charge in [-0.1, -0.05) is 6.92 Å². The Labute approximate surface area is 79.5 Å². The highest BCUT2D eigenvalue weighted by Crippen LogP contribution is 2.22. The first-order valence-corrected chi connectivity index (χ1v) is 5.15. The third-order valence-electron chi connectivity index (χ3n) is 2.54. The molecule has 0 aliphatic carbocycles. The molecule has 12 heavy (non-hydrogen) atoms. The largest absolute Gasteiger partial charge is 0.391 e. The third-order valence-corrected chi connectivity index (χ3v) is 2.89. The van der Waals surface area contributed by atoms with Gasteiger partial charge in [-0.25, -0.2) is 0 Å². The zero-order chi connectivity index (χ0) is 9.14. The van der Waals surface area contributed by atoms with E-state index < -0.39 is 0 Å². The van der Waals surface area contributed by atoms with Crippen molar-refractivity contribution in [1.82, 2.24) is 4.90 Å².